The molecule has 0 aliphatic heterocycles. The van der Waals surface area contributed by atoms with Crippen molar-refractivity contribution < 1.29 is 12.8 Å². The van der Waals surface area contributed by atoms with Crippen LogP contribution in [0.3, 0.4) is 0 Å². The average Bonchev–Trinajstić information content (AvgIpc) is 2.69. The van der Waals surface area contributed by atoms with Gasteiger partial charge in [0.1, 0.15) is 11.6 Å². The molecule has 0 spiro atoms. The number of para-hydroxylation sites is 1. The highest BCUT2D eigenvalue weighted by Crippen LogP contribution is 2.19. The van der Waals surface area contributed by atoms with Crippen LogP contribution < -0.4 is 10.3 Å². The number of halogens is 1. The lowest BCUT2D eigenvalue weighted by atomic mass is 10.2. The molecule has 0 saturated carbocycles. The highest BCUT2D eigenvalue weighted by molar-refractivity contribution is 7.92. The largest absolute Gasteiger partial charge is 0.280 e. The molecule has 8 heteroatoms. The molecule has 1 aromatic heterocycles. The number of nitrogens with zero attached hydrogens (tertiary/aromatic N) is 2. The Bertz CT molecular complexity index is 1380. The summed E-state index contributed by atoms with van der Waals surface area (Å²) in [5.74, 6) is -0.122. The molecular formula is C21H16FN3O3S. The predicted molar refractivity (Wildman–Crippen MR) is 109 cm³/mol. The van der Waals surface area contributed by atoms with Gasteiger partial charge in [0.25, 0.3) is 15.6 Å². The number of hydrogen-bond acceptors (Lipinski definition) is 4. The van der Waals surface area contributed by atoms with E-state index in [0.29, 0.717) is 22.4 Å². The van der Waals surface area contributed by atoms with Crippen LogP contribution in [0.25, 0.3) is 16.6 Å². The molecule has 3 aromatic carbocycles. The zero-order valence-electron chi connectivity index (χ0n) is 15.3. The highest BCUT2D eigenvalue weighted by Gasteiger charge is 2.15. The molecule has 0 fully saturated rings. The van der Waals surface area contributed by atoms with Crippen LogP contribution in [0.2, 0.25) is 0 Å². The van der Waals surface area contributed by atoms with Gasteiger partial charge in [-0.3, -0.25) is 14.1 Å². The molecule has 0 atom stereocenters. The van der Waals surface area contributed by atoms with Crippen molar-refractivity contribution in [1.82, 2.24) is 9.55 Å². The summed E-state index contributed by atoms with van der Waals surface area (Å²) in [7, 11) is -3.93. The number of fused-ring (bicyclic) bond motifs is 1. The summed E-state index contributed by atoms with van der Waals surface area (Å²) >= 11 is 0. The Morgan fingerprint density at radius 3 is 2.41 bits per heavy atom. The normalized spacial score (nSPS) is 11.5. The predicted octanol–water partition coefficient (Wildman–Crippen LogP) is 3.63. The van der Waals surface area contributed by atoms with Gasteiger partial charge in [0.15, 0.2) is 0 Å². The van der Waals surface area contributed by atoms with Gasteiger partial charge in [-0.05, 0) is 61.5 Å². The summed E-state index contributed by atoms with van der Waals surface area (Å²) in [6, 6.07) is 18.1. The molecule has 29 heavy (non-hydrogen) atoms. The smallest absolute Gasteiger partial charge is 0.265 e. The summed E-state index contributed by atoms with van der Waals surface area (Å²) in [4.78, 5) is 17.1. The molecule has 1 heterocycles. The minimum absolute atomic E-state index is 0.174. The van der Waals surface area contributed by atoms with E-state index >= 15 is 0 Å². The molecule has 0 bridgehead atoms. The van der Waals surface area contributed by atoms with E-state index < -0.39 is 15.8 Å². The number of aryl methyl sites for hydroxylation is 1. The summed E-state index contributed by atoms with van der Waals surface area (Å²) in [6.07, 6.45) is 0. The monoisotopic (exact) mass is 409 g/mol. The number of aromatic nitrogens is 2. The van der Waals surface area contributed by atoms with Crippen LogP contribution in [0.1, 0.15) is 5.82 Å². The van der Waals surface area contributed by atoms with Gasteiger partial charge in [0, 0.05) is 5.69 Å². The van der Waals surface area contributed by atoms with Crippen molar-refractivity contribution in [3.63, 3.8) is 0 Å². The minimum Gasteiger partial charge on any atom is -0.280 e. The number of nitrogens with one attached hydrogen (secondary N) is 1. The Labute approximate surface area is 166 Å². The Balaban J connectivity index is 1.69. The number of benzene rings is 3. The third kappa shape index (κ3) is 3.62. The van der Waals surface area contributed by atoms with Crippen molar-refractivity contribution in [3.8, 4) is 5.69 Å². The van der Waals surface area contributed by atoms with E-state index in [9.17, 15) is 17.6 Å². The minimum atomic E-state index is -3.93. The van der Waals surface area contributed by atoms with E-state index in [-0.39, 0.29) is 16.1 Å². The van der Waals surface area contributed by atoms with Gasteiger partial charge in [-0.1, -0.05) is 18.2 Å². The Hall–Kier alpha value is -3.52. The van der Waals surface area contributed by atoms with Gasteiger partial charge in [-0.15, -0.1) is 0 Å². The molecule has 0 radical (unpaired) electrons. The molecule has 4 rings (SSSR count). The van der Waals surface area contributed by atoms with Crippen LogP contribution in [0.15, 0.2) is 82.5 Å². The van der Waals surface area contributed by atoms with E-state index in [1.165, 1.54) is 34.9 Å². The second-order valence-electron chi connectivity index (χ2n) is 6.43. The van der Waals surface area contributed by atoms with Crippen LogP contribution in [0.4, 0.5) is 10.1 Å². The SMILES string of the molecule is Cc1nc2ccccc2c(=O)n1-c1ccc(NS(=O)(=O)c2cccc(F)c2)cc1. The first-order valence-electron chi connectivity index (χ1n) is 8.72. The van der Waals surface area contributed by atoms with Crippen LogP contribution in [-0.4, -0.2) is 18.0 Å². The van der Waals surface area contributed by atoms with Crippen LogP contribution in [-0.2, 0) is 10.0 Å². The fourth-order valence-electron chi connectivity index (χ4n) is 3.07. The molecule has 0 aliphatic carbocycles. The third-order valence-corrected chi connectivity index (χ3v) is 5.81. The molecule has 4 aromatic rings. The van der Waals surface area contributed by atoms with E-state index in [1.807, 2.05) is 6.07 Å². The molecule has 1 N–H and O–H groups in total. The van der Waals surface area contributed by atoms with Crippen molar-refractivity contribution >= 4 is 26.6 Å². The lowest BCUT2D eigenvalue weighted by molar-refractivity contribution is 0.595. The standard InChI is InChI=1S/C21H16FN3O3S/c1-14-23-20-8-3-2-7-19(20)21(26)25(14)17-11-9-16(10-12-17)24-29(27,28)18-6-4-5-15(22)13-18/h2-13,24H,1H3. The molecule has 0 amide bonds. The molecule has 0 unspecified atom stereocenters. The van der Waals surface area contributed by atoms with Gasteiger partial charge >= 0.3 is 0 Å². The molecule has 146 valence electrons. The van der Waals surface area contributed by atoms with Crippen molar-refractivity contribution in [2.24, 2.45) is 0 Å². The number of rotatable bonds is 4. The van der Waals surface area contributed by atoms with Crippen molar-refractivity contribution in [2.45, 2.75) is 11.8 Å². The van der Waals surface area contributed by atoms with Gasteiger partial charge in [-0.25, -0.2) is 17.8 Å². The first kappa shape index (κ1) is 18.8. The summed E-state index contributed by atoms with van der Waals surface area (Å²) in [5, 5.41) is 0.494. The lowest BCUT2D eigenvalue weighted by Gasteiger charge is -2.12. The molecule has 0 aliphatic rings. The number of hydrogen-bond donors (Lipinski definition) is 1. The van der Waals surface area contributed by atoms with Crippen molar-refractivity contribution in [3.05, 3.63) is 94.8 Å². The zero-order chi connectivity index (χ0) is 20.6. The Morgan fingerprint density at radius 2 is 1.69 bits per heavy atom. The molecule has 0 saturated heterocycles. The molecular weight excluding hydrogens is 393 g/mol. The fourth-order valence-corrected chi connectivity index (χ4v) is 4.16. The van der Waals surface area contributed by atoms with E-state index in [1.54, 1.807) is 37.3 Å². The van der Waals surface area contributed by atoms with Crippen LogP contribution in [0, 0.1) is 12.7 Å². The Morgan fingerprint density at radius 1 is 0.966 bits per heavy atom. The summed E-state index contributed by atoms with van der Waals surface area (Å²) in [5.41, 5.74) is 1.25. The van der Waals surface area contributed by atoms with Crippen LogP contribution >= 0.6 is 0 Å². The highest BCUT2D eigenvalue weighted by atomic mass is 32.2. The first-order chi connectivity index (χ1) is 13.8. The maximum absolute atomic E-state index is 13.3. The zero-order valence-corrected chi connectivity index (χ0v) is 16.2. The van der Waals surface area contributed by atoms with E-state index in [2.05, 4.69) is 9.71 Å². The molecule has 6 nitrogen and oxygen atoms in total. The van der Waals surface area contributed by atoms with Gasteiger partial charge in [-0.2, -0.15) is 0 Å². The van der Waals surface area contributed by atoms with E-state index in [0.717, 1.165) is 6.07 Å². The van der Waals surface area contributed by atoms with Gasteiger partial charge < -0.3 is 0 Å². The summed E-state index contributed by atoms with van der Waals surface area (Å²) in [6.45, 7) is 1.73. The quantitative estimate of drug-likeness (QED) is 0.558. The number of anilines is 1. The lowest BCUT2D eigenvalue weighted by Crippen LogP contribution is -2.22. The summed E-state index contributed by atoms with van der Waals surface area (Å²) < 4.78 is 42.0. The second-order valence-corrected chi connectivity index (χ2v) is 8.11. The topological polar surface area (TPSA) is 81.1 Å². The van der Waals surface area contributed by atoms with Crippen molar-refractivity contribution in [1.29, 1.82) is 0 Å². The first-order valence-corrected chi connectivity index (χ1v) is 10.2. The average molecular weight is 409 g/mol. The third-order valence-electron chi connectivity index (χ3n) is 4.43. The van der Waals surface area contributed by atoms with Gasteiger partial charge in [0.05, 0.1) is 21.5 Å². The maximum Gasteiger partial charge on any atom is 0.265 e. The second kappa shape index (κ2) is 7.14. The van der Waals surface area contributed by atoms with Crippen molar-refractivity contribution in [2.75, 3.05) is 4.72 Å². The maximum atomic E-state index is 13.3. The van der Waals surface area contributed by atoms with E-state index in [4.69, 9.17) is 0 Å². The number of sulfonamides is 1. The fraction of sp³-hybridized carbons (Fsp3) is 0.0476. The Kier molecular flexibility index (Phi) is 4.63. The van der Waals surface area contributed by atoms with Gasteiger partial charge in [0.2, 0.25) is 0 Å². The van der Waals surface area contributed by atoms with Crippen LogP contribution in [0.5, 0.6) is 0 Å².